The van der Waals surface area contributed by atoms with E-state index in [4.69, 9.17) is 14.2 Å². The molecule has 3 aliphatic heterocycles. The van der Waals surface area contributed by atoms with Gasteiger partial charge in [0.2, 0.25) is 0 Å². The number of nitrogens with two attached hydrogens (primary N) is 3. The number of benzene rings is 1. The van der Waals surface area contributed by atoms with Gasteiger partial charge in [-0.15, -0.1) is 0 Å². The number of esters is 3. The van der Waals surface area contributed by atoms with E-state index in [2.05, 4.69) is 16.0 Å². The molecule has 9 nitrogen and oxygen atoms in total. The molecule has 0 radical (unpaired) electrons. The minimum Gasteiger partial charge on any atom is -0.456 e. The highest BCUT2D eigenvalue weighted by Gasteiger charge is 2.40. The standard InChI is InChI=1S/C33H51N3O6/c1-31(2,23-9-15-34-16-10-23)40-28(37)22-7-8-26(29(38)41-32(3,4)24-11-17-35-18-12-24)27(21-22)30(39)42-33(5,6)25-13-19-36-20-14-25/h7-8,21,23-25,34-36H,9-20H2,1-6H3/p+3. The number of hydrogen-bond donors (Lipinski definition) is 3. The number of quaternary nitrogens is 3. The average molecular weight is 589 g/mol. The quantitative estimate of drug-likeness (QED) is 0.296. The minimum absolute atomic E-state index is 0.0442. The molecule has 3 saturated heterocycles. The molecule has 0 saturated carbocycles. The molecule has 9 heteroatoms. The van der Waals surface area contributed by atoms with Crippen molar-refractivity contribution in [2.45, 2.75) is 96.9 Å². The minimum atomic E-state index is -0.721. The number of rotatable bonds is 9. The molecule has 0 spiro atoms. The number of ether oxygens (including phenoxy) is 3. The molecule has 234 valence electrons. The van der Waals surface area contributed by atoms with E-state index in [-0.39, 0.29) is 34.4 Å². The van der Waals surface area contributed by atoms with E-state index in [1.54, 1.807) is 6.07 Å². The zero-order valence-corrected chi connectivity index (χ0v) is 26.6. The van der Waals surface area contributed by atoms with Crippen LogP contribution in [-0.4, -0.2) is 74.0 Å². The number of hydrogen-bond acceptors (Lipinski definition) is 6. The molecule has 0 bridgehead atoms. The van der Waals surface area contributed by atoms with Crippen LogP contribution in [0.15, 0.2) is 18.2 Å². The van der Waals surface area contributed by atoms with Crippen LogP contribution in [0.1, 0.15) is 111 Å². The van der Waals surface area contributed by atoms with Gasteiger partial charge in [-0.3, -0.25) is 0 Å². The maximum absolute atomic E-state index is 13.8. The Morgan fingerprint density at radius 3 is 1.26 bits per heavy atom. The van der Waals surface area contributed by atoms with E-state index >= 15 is 0 Å². The summed E-state index contributed by atoms with van der Waals surface area (Å²) in [6, 6.07) is 4.54. The first-order chi connectivity index (χ1) is 19.8. The lowest BCUT2D eigenvalue weighted by Gasteiger charge is -2.36. The van der Waals surface area contributed by atoms with E-state index in [1.807, 2.05) is 41.5 Å². The monoisotopic (exact) mass is 588 g/mol. The van der Waals surface area contributed by atoms with Gasteiger partial charge in [0.25, 0.3) is 0 Å². The third-order valence-corrected chi connectivity index (χ3v) is 10.0. The molecule has 42 heavy (non-hydrogen) atoms. The summed E-state index contributed by atoms with van der Waals surface area (Å²) in [5.41, 5.74) is -1.68. The van der Waals surface area contributed by atoms with Gasteiger partial charge >= 0.3 is 17.9 Å². The lowest BCUT2D eigenvalue weighted by molar-refractivity contribution is -0.666. The summed E-state index contributed by atoms with van der Waals surface area (Å²) >= 11 is 0. The zero-order chi connectivity index (χ0) is 30.5. The molecule has 0 unspecified atom stereocenters. The Kier molecular flexibility index (Phi) is 10.4. The zero-order valence-electron chi connectivity index (χ0n) is 26.6. The van der Waals surface area contributed by atoms with Crippen molar-refractivity contribution in [1.82, 2.24) is 0 Å². The SMILES string of the molecule is CC(C)(OC(=O)c1ccc(C(=O)OC(C)(C)C2CC[NH2+]CC2)c(C(=O)OC(C)(C)C2CC[NH2+]CC2)c1)C1CC[NH2+]CC1. The van der Waals surface area contributed by atoms with E-state index in [0.717, 1.165) is 77.8 Å². The van der Waals surface area contributed by atoms with Gasteiger partial charge in [-0.2, -0.15) is 0 Å². The van der Waals surface area contributed by atoms with Gasteiger partial charge in [0.05, 0.1) is 56.0 Å². The number of piperidine rings is 3. The topological polar surface area (TPSA) is 129 Å². The Balaban J connectivity index is 1.60. The highest BCUT2D eigenvalue weighted by atomic mass is 16.6. The second kappa shape index (κ2) is 13.4. The Morgan fingerprint density at radius 2 is 0.881 bits per heavy atom. The first-order valence-electron chi connectivity index (χ1n) is 16.1. The van der Waals surface area contributed by atoms with Gasteiger partial charge < -0.3 is 30.2 Å². The summed E-state index contributed by atoms with van der Waals surface area (Å²) < 4.78 is 18.2. The molecule has 0 aliphatic carbocycles. The number of carbonyl (C=O) groups excluding carboxylic acids is 3. The smallest absolute Gasteiger partial charge is 0.339 e. The Labute approximate surface area is 251 Å². The molecule has 6 N–H and O–H groups in total. The lowest BCUT2D eigenvalue weighted by Crippen LogP contribution is -2.86. The van der Waals surface area contributed by atoms with E-state index < -0.39 is 34.7 Å². The van der Waals surface area contributed by atoms with Crippen molar-refractivity contribution < 1.29 is 44.5 Å². The number of carbonyl (C=O) groups is 3. The van der Waals surface area contributed by atoms with Crippen molar-refractivity contribution in [3.05, 3.63) is 34.9 Å². The largest absolute Gasteiger partial charge is 0.456 e. The maximum atomic E-state index is 13.8. The van der Waals surface area contributed by atoms with Crippen molar-refractivity contribution in [3.63, 3.8) is 0 Å². The molecular weight excluding hydrogens is 534 g/mol. The van der Waals surface area contributed by atoms with Gasteiger partial charge in [0.15, 0.2) is 0 Å². The van der Waals surface area contributed by atoms with Crippen LogP contribution >= 0.6 is 0 Å². The predicted octanol–water partition coefficient (Wildman–Crippen LogP) is 1.41. The summed E-state index contributed by atoms with van der Waals surface area (Å²) in [6.45, 7) is 17.7. The van der Waals surface area contributed by atoms with Crippen LogP contribution in [0.2, 0.25) is 0 Å². The molecule has 3 aliphatic rings. The van der Waals surface area contributed by atoms with Gasteiger partial charge in [-0.05, 0) is 59.7 Å². The second-order valence-corrected chi connectivity index (χ2v) is 14.2. The first-order valence-corrected chi connectivity index (χ1v) is 16.1. The van der Waals surface area contributed by atoms with E-state index in [9.17, 15) is 14.4 Å². The summed E-state index contributed by atoms with van der Waals surface area (Å²) in [6.07, 6.45) is 5.77. The first kappa shape index (κ1) is 32.4. The van der Waals surface area contributed by atoms with Gasteiger partial charge in [0.1, 0.15) is 16.8 Å². The molecule has 1 aromatic carbocycles. The van der Waals surface area contributed by atoms with Crippen molar-refractivity contribution in [3.8, 4) is 0 Å². The molecule has 3 heterocycles. The summed E-state index contributed by atoms with van der Waals surface area (Å²) in [5.74, 6) is -1.00. The Bertz CT molecular complexity index is 1110. The van der Waals surface area contributed by atoms with E-state index in [1.165, 1.54) is 12.1 Å². The van der Waals surface area contributed by atoms with Crippen molar-refractivity contribution >= 4 is 17.9 Å². The third-order valence-electron chi connectivity index (χ3n) is 10.0. The van der Waals surface area contributed by atoms with Crippen LogP contribution < -0.4 is 16.0 Å². The Hall–Kier alpha value is -2.49. The van der Waals surface area contributed by atoms with Crippen molar-refractivity contribution in [2.24, 2.45) is 17.8 Å². The van der Waals surface area contributed by atoms with E-state index in [0.29, 0.717) is 0 Å². The fourth-order valence-electron chi connectivity index (χ4n) is 7.02. The summed E-state index contributed by atoms with van der Waals surface area (Å²) in [7, 11) is 0. The molecule has 0 amide bonds. The lowest BCUT2D eigenvalue weighted by atomic mass is 9.83. The normalized spacial score (nSPS) is 20.1. The van der Waals surface area contributed by atoms with Gasteiger partial charge in [-0.25, -0.2) is 14.4 Å². The highest BCUT2D eigenvalue weighted by molar-refractivity contribution is 6.05. The molecular formula is C33H54N3O6+3. The summed E-state index contributed by atoms with van der Waals surface area (Å²) in [4.78, 5) is 40.9. The average Bonchev–Trinajstić information content (AvgIpc) is 2.97. The highest BCUT2D eigenvalue weighted by Crippen LogP contribution is 2.33. The Morgan fingerprint density at radius 1 is 0.548 bits per heavy atom. The fraction of sp³-hybridized carbons (Fsp3) is 0.727. The predicted molar refractivity (Wildman–Crippen MR) is 158 cm³/mol. The molecule has 4 rings (SSSR count). The molecule has 1 aromatic rings. The molecule has 0 aromatic heterocycles. The van der Waals surface area contributed by atoms with Crippen LogP contribution in [0.5, 0.6) is 0 Å². The second-order valence-electron chi connectivity index (χ2n) is 14.2. The van der Waals surface area contributed by atoms with Crippen LogP contribution in [0, 0.1) is 17.8 Å². The van der Waals surface area contributed by atoms with Crippen LogP contribution in [-0.2, 0) is 14.2 Å². The van der Waals surface area contributed by atoms with Crippen LogP contribution in [0.25, 0.3) is 0 Å². The van der Waals surface area contributed by atoms with Crippen molar-refractivity contribution in [2.75, 3.05) is 39.3 Å². The van der Waals surface area contributed by atoms with Crippen molar-refractivity contribution in [1.29, 1.82) is 0 Å². The fourth-order valence-corrected chi connectivity index (χ4v) is 7.02. The maximum Gasteiger partial charge on any atom is 0.339 e. The van der Waals surface area contributed by atoms with Crippen LogP contribution in [0.3, 0.4) is 0 Å². The molecule has 0 atom stereocenters. The van der Waals surface area contributed by atoms with Crippen LogP contribution in [0.4, 0.5) is 0 Å². The summed E-state index contributed by atoms with van der Waals surface area (Å²) in [5, 5.41) is 6.84. The van der Waals surface area contributed by atoms with Gasteiger partial charge in [0, 0.05) is 56.3 Å². The molecule has 3 fully saturated rings. The van der Waals surface area contributed by atoms with Gasteiger partial charge in [-0.1, -0.05) is 0 Å². The third kappa shape index (κ3) is 7.91.